The molecule has 160 valence electrons. The number of aromatic nitrogens is 2. The monoisotopic (exact) mass is 534 g/mol. The van der Waals surface area contributed by atoms with Crippen LogP contribution in [-0.2, 0) is 23.2 Å². The lowest BCUT2D eigenvalue weighted by Crippen LogP contribution is -2.16. The van der Waals surface area contributed by atoms with Crippen molar-refractivity contribution in [1.29, 1.82) is 0 Å². The quantitative estimate of drug-likeness (QED) is 0.450. The van der Waals surface area contributed by atoms with E-state index in [-0.39, 0.29) is 33.2 Å². The molecule has 0 aliphatic heterocycles. The Labute approximate surface area is 192 Å². The van der Waals surface area contributed by atoms with Gasteiger partial charge in [0.15, 0.2) is 0 Å². The van der Waals surface area contributed by atoms with Gasteiger partial charge in [0.2, 0.25) is 5.82 Å². The molecule has 2 aromatic heterocycles. The number of halogens is 3. The van der Waals surface area contributed by atoms with Crippen LogP contribution in [-0.4, -0.2) is 37.4 Å². The molecule has 0 radical (unpaired) electrons. The van der Waals surface area contributed by atoms with E-state index in [1.807, 2.05) is 25.1 Å². The minimum Gasteiger partial charge on any atom is -0.467 e. The van der Waals surface area contributed by atoms with Crippen LogP contribution in [0.25, 0.3) is 0 Å². The van der Waals surface area contributed by atoms with Crippen LogP contribution in [0.3, 0.4) is 0 Å². The van der Waals surface area contributed by atoms with Crippen molar-refractivity contribution < 1.29 is 17.6 Å². The van der Waals surface area contributed by atoms with Crippen molar-refractivity contribution in [2.45, 2.75) is 18.0 Å². The molecular weight excluding hydrogens is 519 g/mol. The van der Waals surface area contributed by atoms with Crippen LogP contribution in [0.1, 0.15) is 11.5 Å². The molecule has 0 aliphatic carbocycles. The maximum atomic E-state index is 12.8. The number of benzene rings is 1. The molecule has 0 unspecified atom stereocenters. The lowest BCUT2D eigenvalue weighted by Gasteiger charge is -2.13. The van der Waals surface area contributed by atoms with Gasteiger partial charge in [0, 0.05) is 0 Å². The SMILES string of the molecule is CN(C)Cc1ccc(COc2nc(Br)cnc2NS(=O)(=O)c2cccc(Cl)c2Cl)o1. The van der Waals surface area contributed by atoms with E-state index in [4.69, 9.17) is 32.4 Å². The third-order valence-electron chi connectivity index (χ3n) is 3.69. The first kappa shape index (κ1) is 22.8. The molecule has 2 heterocycles. The zero-order valence-corrected chi connectivity index (χ0v) is 19.8. The molecule has 0 atom stereocenters. The van der Waals surface area contributed by atoms with Gasteiger partial charge in [-0.2, -0.15) is 0 Å². The van der Waals surface area contributed by atoms with E-state index in [1.165, 1.54) is 24.4 Å². The maximum absolute atomic E-state index is 12.8. The van der Waals surface area contributed by atoms with E-state index in [2.05, 4.69) is 30.6 Å². The highest BCUT2D eigenvalue weighted by molar-refractivity contribution is 9.10. The fourth-order valence-corrected chi connectivity index (χ4v) is 4.47. The summed E-state index contributed by atoms with van der Waals surface area (Å²) in [6.45, 7) is 0.674. The van der Waals surface area contributed by atoms with Crippen LogP contribution < -0.4 is 9.46 Å². The molecule has 0 amide bonds. The van der Waals surface area contributed by atoms with Gasteiger partial charge in [-0.1, -0.05) is 29.3 Å². The lowest BCUT2D eigenvalue weighted by molar-refractivity contribution is 0.250. The predicted molar refractivity (Wildman–Crippen MR) is 117 cm³/mol. The van der Waals surface area contributed by atoms with Gasteiger partial charge < -0.3 is 14.1 Å². The third kappa shape index (κ3) is 5.64. The first-order valence-corrected chi connectivity index (χ1v) is 11.5. The number of rotatable bonds is 8. The van der Waals surface area contributed by atoms with Crippen molar-refractivity contribution in [2.75, 3.05) is 18.8 Å². The molecule has 0 aliphatic rings. The molecule has 0 fully saturated rings. The van der Waals surface area contributed by atoms with Crippen LogP contribution in [0, 0.1) is 0 Å². The van der Waals surface area contributed by atoms with Gasteiger partial charge in [0.05, 0.1) is 22.8 Å². The Morgan fingerprint density at radius 3 is 2.67 bits per heavy atom. The molecule has 1 aromatic carbocycles. The summed E-state index contributed by atoms with van der Waals surface area (Å²) in [6, 6.07) is 7.93. The molecule has 0 bridgehead atoms. The molecule has 3 aromatic rings. The number of furan rings is 1. The summed E-state index contributed by atoms with van der Waals surface area (Å²) in [7, 11) is -0.226. The van der Waals surface area contributed by atoms with Gasteiger partial charge in [-0.3, -0.25) is 4.72 Å². The highest BCUT2D eigenvalue weighted by Gasteiger charge is 2.23. The number of nitrogens with one attached hydrogen (secondary N) is 1. The van der Waals surface area contributed by atoms with Crippen molar-refractivity contribution >= 4 is 55.0 Å². The Hall–Kier alpha value is -1.85. The van der Waals surface area contributed by atoms with Gasteiger partial charge in [-0.15, -0.1) is 0 Å². The first-order chi connectivity index (χ1) is 14.2. The molecule has 0 saturated carbocycles. The van der Waals surface area contributed by atoms with E-state index in [9.17, 15) is 8.42 Å². The molecular formula is C18H17BrCl2N4O4S. The van der Waals surface area contributed by atoms with E-state index >= 15 is 0 Å². The highest BCUT2D eigenvalue weighted by Crippen LogP contribution is 2.31. The van der Waals surface area contributed by atoms with Crippen LogP contribution in [0.15, 0.2) is 50.4 Å². The Bertz CT molecular complexity index is 1150. The highest BCUT2D eigenvalue weighted by atomic mass is 79.9. The Morgan fingerprint density at radius 2 is 1.93 bits per heavy atom. The van der Waals surface area contributed by atoms with Crippen LogP contribution in [0.4, 0.5) is 5.82 Å². The minimum atomic E-state index is -4.09. The summed E-state index contributed by atoms with van der Waals surface area (Å²) < 4.78 is 39.6. The van der Waals surface area contributed by atoms with E-state index < -0.39 is 10.0 Å². The van der Waals surface area contributed by atoms with Crippen molar-refractivity contribution in [2.24, 2.45) is 0 Å². The molecule has 0 spiro atoms. The van der Waals surface area contributed by atoms with Gasteiger partial charge in [0.1, 0.15) is 27.6 Å². The molecule has 0 saturated heterocycles. The van der Waals surface area contributed by atoms with Crippen LogP contribution in [0.2, 0.25) is 10.0 Å². The molecule has 30 heavy (non-hydrogen) atoms. The summed E-state index contributed by atoms with van der Waals surface area (Å²) in [5.74, 6) is 1.20. The van der Waals surface area contributed by atoms with Gasteiger partial charge >= 0.3 is 0 Å². The lowest BCUT2D eigenvalue weighted by atomic mass is 10.4. The molecule has 8 nitrogen and oxygen atoms in total. The zero-order valence-electron chi connectivity index (χ0n) is 15.9. The largest absolute Gasteiger partial charge is 0.467 e. The summed E-state index contributed by atoms with van der Waals surface area (Å²) in [5.41, 5.74) is 0. The molecule has 12 heteroatoms. The number of hydrogen-bond donors (Lipinski definition) is 1. The number of sulfonamides is 1. The second-order valence-electron chi connectivity index (χ2n) is 6.40. The fourth-order valence-electron chi connectivity index (χ4n) is 2.43. The maximum Gasteiger partial charge on any atom is 0.264 e. The summed E-state index contributed by atoms with van der Waals surface area (Å²) in [4.78, 5) is 10.00. The average molecular weight is 536 g/mol. The van der Waals surface area contributed by atoms with Gasteiger partial charge in [0.25, 0.3) is 15.9 Å². The standard InChI is InChI=1S/C18H17BrCl2N4O4S/c1-25(2)9-11-6-7-12(29-11)10-28-18-17(22-8-15(19)23-18)24-30(26,27)14-5-3-4-13(20)16(14)21/h3-8H,9-10H2,1-2H3,(H,22,24). The van der Waals surface area contributed by atoms with Crippen molar-refractivity contribution in [3.63, 3.8) is 0 Å². The van der Waals surface area contributed by atoms with Crippen molar-refractivity contribution in [3.8, 4) is 5.88 Å². The van der Waals surface area contributed by atoms with Crippen LogP contribution in [0.5, 0.6) is 5.88 Å². The second-order valence-corrected chi connectivity index (χ2v) is 9.65. The number of nitrogens with zero attached hydrogens (tertiary/aromatic N) is 3. The molecule has 1 N–H and O–H groups in total. The van der Waals surface area contributed by atoms with Crippen LogP contribution >= 0.6 is 39.1 Å². The fraction of sp³-hybridized carbons (Fsp3) is 0.222. The predicted octanol–water partition coefficient (Wildman–Crippen LogP) is 4.58. The number of hydrogen-bond acceptors (Lipinski definition) is 7. The van der Waals surface area contributed by atoms with E-state index in [0.717, 1.165) is 5.76 Å². The summed E-state index contributed by atoms with van der Waals surface area (Å²) in [6.07, 6.45) is 1.34. The Kier molecular flexibility index (Phi) is 7.25. The van der Waals surface area contributed by atoms with Crippen molar-refractivity contribution in [1.82, 2.24) is 14.9 Å². The second kappa shape index (κ2) is 9.52. The zero-order chi connectivity index (χ0) is 21.9. The minimum absolute atomic E-state index is 0.0309. The Balaban J connectivity index is 1.81. The van der Waals surface area contributed by atoms with Crippen molar-refractivity contribution in [3.05, 3.63) is 62.7 Å². The summed E-state index contributed by atoms with van der Waals surface area (Å²) in [5, 5.41) is 0.0208. The van der Waals surface area contributed by atoms with E-state index in [0.29, 0.717) is 16.9 Å². The van der Waals surface area contributed by atoms with Gasteiger partial charge in [-0.05, 0) is 54.3 Å². The average Bonchev–Trinajstić information content (AvgIpc) is 3.10. The Morgan fingerprint density at radius 1 is 1.20 bits per heavy atom. The number of anilines is 1. The smallest absolute Gasteiger partial charge is 0.264 e. The molecule has 3 rings (SSSR count). The third-order valence-corrected chi connectivity index (χ3v) is 6.38. The summed E-state index contributed by atoms with van der Waals surface area (Å²) >= 11 is 15.2. The van der Waals surface area contributed by atoms with E-state index in [1.54, 1.807) is 6.07 Å². The normalized spacial score (nSPS) is 11.7. The van der Waals surface area contributed by atoms with Gasteiger partial charge in [-0.25, -0.2) is 18.4 Å². The first-order valence-electron chi connectivity index (χ1n) is 8.50. The number of ether oxygens (including phenoxy) is 1. The topological polar surface area (TPSA) is 97.6 Å².